The number of piperazine rings is 1. The van der Waals surface area contributed by atoms with Crippen molar-refractivity contribution in [1.29, 1.82) is 0 Å². The summed E-state index contributed by atoms with van der Waals surface area (Å²) in [7, 11) is 3.86. The lowest BCUT2D eigenvalue weighted by molar-refractivity contribution is 0.0842. The fraction of sp³-hybridized carbons (Fsp3) is 0.588. The quantitative estimate of drug-likeness (QED) is 0.794. The number of benzene rings is 1. The van der Waals surface area contributed by atoms with Gasteiger partial charge in [-0.1, -0.05) is 6.07 Å². The van der Waals surface area contributed by atoms with Crippen LogP contribution < -0.4 is 4.90 Å². The summed E-state index contributed by atoms with van der Waals surface area (Å²) in [5.74, 6) is -0.825. The first kappa shape index (κ1) is 17.8. The van der Waals surface area contributed by atoms with Gasteiger partial charge in [-0.15, -0.1) is 0 Å². The van der Waals surface area contributed by atoms with Gasteiger partial charge in [-0.25, -0.2) is 4.39 Å². The van der Waals surface area contributed by atoms with Crippen LogP contribution in [0, 0.1) is 5.82 Å². The van der Waals surface area contributed by atoms with Crippen LogP contribution in [0.2, 0.25) is 0 Å². The van der Waals surface area contributed by atoms with Crippen LogP contribution in [0.5, 0.6) is 0 Å². The monoisotopic (exact) mass is 323 g/mol. The first-order chi connectivity index (χ1) is 10.9. The summed E-state index contributed by atoms with van der Waals surface area (Å²) in [6.45, 7) is 6.18. The average Bonchev–Trinajstić information content (AvgIpc) is 2.48. The Morgan fingerprint density at radius 1 is 1.35 bits per heavy atom. The van der Waals surface area contributed by atoms with Crippen molar-refractivity contribution in [3.63, 3.8) is 0 Å². The van der Waals surface area contributed by atoms with Crippen molar-refractivity contribution in [1.82, 2.24) is 9.80 Å². The van der Waals surface area contributed by atoms with Crippen LogP contribution in [0.15, 0.2) is 18.2 Å². The van der Waals surface area contributed by atoms with E-state index in [-0.39, 0.29) is 11.3 Å². The zero-order chi connectivity index (χ0) is 17.0. The van der Waals surface area contributed by atoms with Gasteiger partial charge in [0.15, 0.2) is 5.78 Å². The van der Waals surface area contributed by atoms with Crippen LogP contribution in [0.25, 0.3) is 0 Å². The number of Topliss-reactive ketones (excluding diaryl/α,β-unsaturated/α-hetero) is 1. The Morgan fingerprint density at radius 3 is 2.61 bits per heavy atom. The van der Waals surface area contributed by atoms with Gasteiger partial charge in [0.2, 0.25) is 0 Å². The molecule has 1 aliphatic rings. The summed E-state index contributed by atoms with van der Waals surface area (Å²) >= 11 is 0. The maximum atomic E-state index is 13.9. The Labute approximate surface area is 137 Å². The Hall–Kier alpha value is -1.50. The molecule has 1 unspecified atom stereocenters. The lowest BCUT2D eigenvalue weighted by Crippen LogP contribution is -2.48. The number of hydrogen-bond acceptors (Lipinski definition) is 5. The predicted octanol–water partition coefficient (Wildman–Crippen LogP) is 1.07. The summed E-state index contributed by atoms with van der Waals surface area (Å²) in [6.07, 6.45) is -0.550. The van der Waals surface area contributed by atoms with Crippen molar-refractivity contribution in [2.24, 2.45) is 0 Å². The molecule has 1 aromatic rings. The number of hydrogen-bond donors (Lipinski definition) is 1. The minimum atomic E-state index is -0.550. The van der Waals surface area contributed by atoms with Crippen molar-refractivity contribution >= 4 is 11.5 Å². The first-order valence-corrected chi connectivity index (χ1v) is 7.98. The predicted molar refractivity (Wildman–Crippen MR) is 89.6 cm³/mol. The van der Waals surface area contributed by atoms with E-state index in [2.05, 4.69) is 16.8 Å². The Kier molecular flexibility index (Phi) is 6.10. The molecule has 23 heavy (non-hydrogen) atoms. The fourth-order valence-electron chi connectivity index (χ4n) is 2.98. The number of halogens is 1. The lowest BCUT2D eigenvalue weighted by Gasteiger charge is -2.34. The van der Waals surface area contributed by atoms with E-state index in [0.717, 1.165) is 26.2 Å². The van der Waals surface area contributed by atoms with Gasteiger partial charge in [0.1, 0.15) is 5.82 Å². The van der Waals surface area contributed by atoms with E-state index >= 15 is 0 Å². The molecule has 0 spiro atoms. The third-order valence-corrected chi connectivity index (χ3v) is 4.30. The van der Waals surface area contributed by atoms with Crippen LogP contribution in [0.3, 0.4) is 0 Å². The molecule has 0 bridgehead atoms. The second-order valence-electron chi connectivity index (χ2n) is 6.33. The number of aliphatic hydroxyl groups is 1. The van der Waals surface area contributed by atoms with Gasteiger partial charge in [0.05, 0.1) is 17.4 Å². The van der Waals surface area contributed by atoms with E-state index < -0.39 is 11.9 Å². The minimum absolute atomic E-state index is 0.0850. The topological polar surface area (TPSA) is 47.0 Å². The smallest absolute Gasteiger partial charge is 0.164 e. The zero-order valence-corrected chi connectivity index (χ0v) is 14.1. The standard InChI is InChI=1S/C17H26FN3O2/c1-13(22)17-15(18)5-4-6-16(17)20(3)11-14(23)12-21-9-7-19(2)8-10-21/h4-6,14,23H,7-12H2,1-3H3. The molecule has 1 aromatic carbocycles. The normalized spacial score (nSPS) is 18.0. The molecule has 1 heterocycles. The van der Waals surface area contributed by atoms with Crippen molar-refractivity contribution in [3.8, 4) is 0 Å². The maximum Gasteiger partial charge on any atom is 0.164 e. The number of carbonyl (C=O) groups excluding carboxylic acids is 1. The van der Waals surface area contributed by atoms with E-state index in [9.17, 15) is 14.3 Å². The number of aliphatic hydroxyl groups excluding tert-OH is 1. The van der Waals surface area contributed by atoms with Gasteiger partial charge in [-0.2, -0.15) is 0 Å². The molecule has 1 atom stereocenters. The maximum absolute atomic E-state index is 13.9. The molecule has 0 aromatic heterocycles. The number of ketones is 1. The lowest BCUT2D eigenvalue weighted by atomic mass is 10.1. The van der Waals surface area contributed by atoms with Gasteiger partial charge < -0.3 is 14.9 Å². The average molecular weight is 323 g/mol. The number of β-amino-alcohol motifs (C(OH)–C–C–N with tert-alkyl or cyclic N) is 1. The number of carbonyl (C=O) groups is 1. The molecule has 6 heteroatoms. The summed E-state index contributed by atoms with van der Waals surface area (Å²) in [6, 6.07) is 4.58. The molecular formula is C17H26FN3O2. The molecule has 2 rings (SSSR count). The van der Waals surface area contributed by atoms with Crippen molar-refractivity contribution in [3.05, 3.63) is 29.6 Å². The van der Waals surface area contributed by atoms with Crippen LogP contribution in [-0.2, 0) is 0 Å². The first-order valence-electron chi connectivity index (χ1n) is 7.98. The largest absolute Gasteiger partial charge is 0.390 e. The molecule has 0 radical (unpaired) electrons. The highest BCUT2D eigenvalue weighted by atomic mass is 19.1. The molecule has 1 fully saturated rings. The molecule has 1 saturated heterocycles. The SMILES string of the molecule is CC(=O)c1c(F)cccc1N(C)CC(O)CN1CCN(C)CC1. The number of anilines is 1. The molecule has 128 valence electrons. The van der Waals surface area contributed by atoms with Gasteiger partial charge in [0, 0.05) is 46.3 Å². The van der Waals surface area contributed by atoms with E-state index in [1.807, 2.05) is 0 Å². The molecule has 5 nitrogen and oxygen atoms in total. The highest BCUT2D eigenvalue weighted by Crippen LogP contribution is 2.23. The van der Waals surface area contributed by atoms with Crippen LogP contribution >= 0.6 is 0 Å². The van der Waals surface area contributed by atoms with Crippen LogP contribution in [0.4, 0.5) is 10.1 Å². The second-order valence-corrected chi connectivity index (χ2v) is 6.33. The molecule has 0 saturated carbocycles. The zero-order valence-electron chi connectivity index (χ0n) is 14.1. The van der Waals surface area contributed by atoms with E-state index in [1.165, 1.54) is 13.0 Å². The second kappa shape index (κ2) is 7.86. The molecule has 0 aliphatic carbocycles. The van der Waals surface area contributed by atoms with Gasteiger partial charge in [-0.3, -0.25) is 9.69 Å². The molecular weight excluding hydrogens is 297 g/mol. The van der Waals surface area contributed by atoms with Gasteiger partial charge in [0.25, 0.3) is 0 Å². The van der Waals surface area contributed by atoms with Gasteiger partial charge in [-0.05, 0) is 26.1 Å². The van der Waals surface area contributed by atoms with Crippen LogP contribution in [0.1, 0.15) is 17.3 Å². The minimum Gasteiger partial charge on any atom is -0.390 e. The fourth-order valence-corrected chi connectivity index (χ4v) is 2.98. The van der Waals surface area contributed by atoms with Crippen molar-refractivity contribution < 1.29 is 14.3 Å². The van der Waals surface area contributed by atoms with Gasteiger partial charge >= 0.3 is 0 Å². The third kappa shape index (κ3) is 4.73. The van der Waals surface area contributed by atoms with Crippen molar-refractivity contribution in [2.45, 2.75) is 13.0 Å². The Bertz CT molecular complexity index is 545. The Balaban J connectivity index is 1.97. The Morgan fingerprint density at radius 2 is 2.00 bits per heavy atom. The summed E-state index contributed by atoms with van der Waals surface area (Å²) < 4.78 is 13.9. The van der Waals surface area contributed by atoms with E-state index in [1.54, 1.807) is 24.1 Å². The molecule has 0 amide bonds. The summed E-state index contributed by atoms with van der Waals surface area (Å²) in [5, 5.41) is 10.3. The highest BCUT2D eigenvalue weighted by Gasteiger charge is 2.20. The number of nitrogens with zero attached hydrogens (tertiary/aromatic N) is 3. The number of rotatable bonds is 6. The van der Waals surface area contributed by atoms with E-state index in [0.29, 0.717) is 18.8 Å². The van der Waals surface area contributed by atoms with Crippen LogP contribution in [-0.4, -0.2) is 80.2 Å². The van der Waals surface area contributed by atoms with Crippen molar-refractivity contribution in [2.75, 3.05) is 58.3 Å². The molecule has 1 N–H and O–H groups in total. The summed E-state index contributed by atoms with van der Waals surface area (Å²) in [4.78, 5) is 17.9. The van der Waals surface area contributed by atoms with E-state index in [4.69, 9.17) is 0 Å². The number of likely N-dealkylation sites (N-methyl/N-ethyl adjacent to an activating group) is 2. The molecule has 1 aliphatic heterocycles. The highest BCUT2D eigenvalue weighted by molar-refractivity contribution is 6.00. The third-order valence-electron chi connectivity index (χ3n) is 4.30. The summed E-state index contributed by atoms with van der Waals surface area (Å²) in [5.41, 5.74) is 0.608.